The van der Waals surface area contributed by atoms with Crippen molar-refractivity contribution in [3.63, 3.8) is 0 Å². The number of hydrogen-bond acceptors (Lipinski definition) is 4. The Kier molecular flexibility index (Phi) is 4.98. The molecule has 0 bridgehead atoms. The average molecular weight is 312 g/mol. The highest BCUT2D eigenvalue weighted by atomic mass is 19.1. The first-order valence-corrected chi connectivity index (χ1v) is 7.96. The van der Waals surface area contributed by atoms with E-state index < -0.39 is 0 Å². The molecule has 1 saturated heterocycles. The van der Waals surface area contributed by atoms with Gasteiger partial charge in [0.15, 0.2) is 5.82 Å². The summed E-state index contributed by atoms with van der Waals surface area (Å²) in [6.45, 7) is 8.27. The Bertz CT molecular complexity index is 663. The van der Waals surface area contributed by atoms with E-state index in [1.165, 1.54) is 38.1 Å². The van der Waals surface area contributed by atoms with Crippen LogP contribution in [0.5, 0.6) is 0 Å². The van der Waals surface area contributed by atoms with Crippen LogP contribution in [-0.2, 0) is 0 Å². The second-order valence-electron chi connectivity index (χ2n) is 5.71. The van der Waals surface area contributed by atoms with Gasteiger partial charge >= 0.3 is 0 Å². The van der Waals surface area contributed by atoms with Crippen LogP contribution >= 0.6 is 0 Å². The van der Waals surface area contributed by atoms with Crippen molar-refractivity contribution < 1.29 is 4.39 Å². The van der Waals surface area contributed by atoms with Crippen LogP contribution in [0.3, 0.4) is 0 Å². The monoisotopic (exact) mass is 312 g/mol. The zero-order valence-electron chi connectivity index (χ0n) is 13.1. The second-order valence-corrected chi connectivity index (χ2v) is 5.71. The molecule has 4 nitrogen and oxygen atoms in total. The molecular formula is C18H21FN4. The van der Waals surface area contributed by atoms with E-state index in [1.807, 2.05) is 0 Å². The maximum absolute atomic E-state index is 13.1. The van der Waals surface area contributed by atoms with E-state index in [-0.39, 0.29) is 5.82 Å². The van der Waals surface area contributed by atoms with E-state index >= 15 is 0 Å². The van der Waals surface area contributed by atoms with Gasteiger partial charge in [0, 0.05) is 31.1 Å². The summed E-state index contributed by atoms with van der Waals surface area (Å²) in [5.74, 6) is 0.464. The maximum Gasteiger partial charge on any atom is 0.152 e. The molecule has 0 atom stereocenters. The van der Waals surface area contributed by atoms with Gasteiger partial charge in [-0.25, -0.2) is 9.37 Å². The average Bonchev–Trinajstić information content (AvgIpc) is 3.09. The Morgan fingerprint density at radius 3 is 2.57 bits per heavy atom. The van der Waals surface area contributed by atoms with Gasteiger partial charge < -0.3 is 10.2 Å². The lowest BCUT2D eigenvalue weighted by Gasteiger charge is -2.16. The molecule has 2 heterocycles. The zero-order valence-corrected chi connectivity index (χ0v) is 13.1. The van der Waals surface area contributed by atoms with Crippen LogP contribution in [0.1, 0.15) is 24.1 Å². The molecule has 5 heteroatoms. The fraction of sp³-hybridized carbons (Fsp3) is 0.333. The summed E-state index contributed by atoms with van der Waals surface area (Å²) in [6, 6.07) is 6.27. The Morgan fingerprint density at radius 2 is 1.83 bits per heavy atom. The van der Waals surface area contributed by atoms with Crippen LogP contribution in [0.4, 0.5) is 10.2 Å². The number of anilines is 1. The van der Waals surface area contributed by atoms with Gasteiger partial charge in [0.2, 0.25) is 0 Å². The number of aromatic nitrogens is 2. The smallest absolute Gasteiger partial charge is 0.152 e. The first-order chi connectivity index (χ1) is 11.2. The summed E-state index contributed by atoms with van der Waals surface area (Å²) in [5.41, 5.74) is 2.29. The molecule has 23 heavy (non-hydrogen) atoms. The van der Waals surface area contributed by atoms with Crippen LogP contribution in [-0.4, -0.2) is 41.0 Å². The Morgan fingerprint density at radius 1 is 1.13 bits per heavy atom. The molecule has 0 unspecified atom stereocenters. The number of nitrogens with zero attached hydrogens (tertiary/aromatic N) is 3. The van der Waals surface area contributed by atoms with Crippen molar-refractivity contribution in [2.45, 2.75) is 12.8 Å². The standard InChI is InChI=1S/C18H21FN4/c1-14(15-4-6-16(19)7-5-15)17-18(21-9-8-20-17)22-10-13-23-11-2-3-12-23/h4-9H,1-3,10-13H2,(H,21,22). The highest BCUT2D eigenvalue weighted by Crippen LogP contribution is 2.24. The molecule has 1 N–H and O–H groups in total. The first kappa shape index (κ1) is 15.6. The molecule has 1 aliphatic heterocycles. The van der Waals surface area contributed by atoms with E-state index in [1.54, 1.807) is 24.5 Å². The van der Waals surface area contributed by atoms with E-state index in [0.717, 1.165) is 30.0 Å². The largest absolute Gasteiger partial charge is 0.367 e. The Hall–Kier alpha value is -2.27. The summed E-state index contributed by atoms with van der Waals surface area (Å²) in [7, 11) is 0. The highest BCUT2D eigenvalue weighted by molar-refractivity contribution is 5.81. The molecule has 0 radical (unpaired) electrons. The number of rotatable bonds is 6. The van der Waals surface area contributed by atoms with Gasteiger partial charge in [0.1, 0.15) is 11.5 Å². The van der Waals surface area contributed by atoms with Crippen molar-refractivity contribution >= 4 is 11.4 Å². The lowest BCUT2D eigenvalue weighted by Crippen LogP contribution is -2.26. The molecule has 120 valence electrons. The predicted molar refractivity (Wildman–Crippen MR) is 90.7 cm³/mol. The van der Waals surface area contributed by atoms with Gasteiger partial charge in [-0.1, -0.05) is 18.7 Å². The summed E-state index contributed by atoms with van der Waals surface area (Å²) in [5, 5.41) is 3.35. The SMILES string of the molecule is C=C(c1ccc(F)cc1)c1nccnc1NCCN1CCCC1. The van der Waals surface area contributed by atoms with E-state index in [9.17, 15) is 4.39 Å². The van der Waals surface area contributed by atoms with E-state index in [4.69, 9.17) is 0 Å². The molecule has 0 saturated carbocycles. The summed E-state index contributed by atoms with van der Waals surface area (Å²) in [6.07, 6.45) is 5.89. The Labute approximate surface area is 136 Å². The molecule has 1 fully saturated rings. The van der Waals surface area contributed by atoms with Crippen LogP contribution in [0.15, 0.2) is 43.2 Å². The van der Waals surface area contributed by atoms with Crippen molar-refractivity contribution in [2.75, 3.05) is 31.5 Å². The van der Waals surface area contributed by atoms with Gasteiger partial charge in [0.05, 0.1) is 0 Å². The van der Waals surface area contributed by atoms with Crippen molar-refractivity contribution in [2.24, 2.45) is 0 Å². The van der Waals surface area contributed by atoms with E-state index in [2.05, 4.69) is 26.8 Å². The van der Waals surface area contributed by atoms with Crippen molar-refractivity contribution in [3.8, 4) is 0 Å². The van der Waals surface area contributed by atoms with Gasteiger partial charge in [-0.15, -0.1) is 0 Å². The third kappa shape index (κ3) is 3.93. The third-order valence-corrected chi connectivity index (χ3v) is 4.10. The molecule has 0 amide bonds. The van der Waals surface area contributed by atoms with Crippen LogP contribution < -0.4 is 5.32 Å². The minimum atomic E-state index is -0.260. The molecule has 1 aromatic heterocycles. The summed E-state index contributed by atoms with van der Waals surface area (Å²) < 4.78 is 13.1. The highest BCUT2D eigenvalue weighted by Gasteiger charge is 2.13. The van der Waals surface area contributed by atoms with Crippen LogP contribution in [0.2, 0.25) is 0 Å². The maximum atomic E-state index is 13.1. The number of halogens is 1. The summed E-state index contributed by atoms with van der Waals surface area (Å²) >= 11 is 0. The van der Waals surface area contributed by atoms with Crippen LogP contribution in [0, 0.1) is 5.82 Å². The number of likely N-dealkylation sites (tertiary alicyclic amines) is 1. The number of hydrogen-bond donors (Lipinski definition) is 1. The lowest BCUT2D eigenvalue weighted by atomic mass is 10.0. The molecule has 3 rings (SSSR count). The number of benzene rings is 1. The molecule has 1 aromatic carbocycles. The zero-order chi connectivity index (χ0) is 16.1. The lowest BCUT2D eigenvalue weighted by molar-refractivity contribution is 0.352. The quantitative estimate of drug-likeness (QED) is 0.889. The van der Waals surface area contributed by atoms with E-state index in [0.29, 0.717) is 5.69 Å². The van der Waals surface area contributed by atoms with Crippen molar-refractivity contribution in [3.05, 3.63) is 60.3 Å². The minimum Gasteiger partial charge on any atom is -0.367 e. The van der Waals surface area contributed by atoms with Crippen LogP contribution in [0.25, 0.3) is 5.57 Å². The molecule has 1 aliphatic rings. The van der Waals surface area contributed by atoms with Gasteiger partial charge in [-0.05, 0) is 43.6 Å². The Balaban J connectivity index is 1.69. The molecule has 0 aliphatic carbocycles. The van der Waals surface area contributed by atoms with Crippen molar-refractivity contribution in [1.29, 1.82) is 0 Å². The predicted octanol–water partition coefficient (Wildman–Crippen LogP) is 3.18. The number of nitrogens with one attached hydrogen (secondary N) is 1. The minimum absolute atomic E-state index is 0.260. The normalized spacial score (nSPS) is 14.8. The fourth-order valence-electron chi connectivity index (χ4n) is 2.81. The van der Waals surface area contributed by atoms with Gasteiger partial charge in [0.25, 0.3) is 0 Å². The molecule has 2 aromatic rings. The second kappa shape index (κ2) is 7.33. The third-order valence-electron chi connectivity index (χ3n) is 4.10. The fourth-order valence-corrected chi connectivity index (χ4v) is 2.81. The van der Waals surface area contributed by atoms with Crippen molar-refractivity contribution in [1.82, 2.24) is 14.9 Å². The first-order valence-electron chi connectivity index (χ1n) is 7.96. The molecule has 0 spiro atoms. The summed E-state index contributed by atoms with van der Waals surface area (Å²) in [4.78, 5) is 11.2. The van der Waals surface area contributed by atoms with Gasteiger partial charge in [-0.2, -0.15) is 0 Å². The van der Waals surface area contributed by atoms with Gasteiger partial charge in [-0.3, -0.25) is 4.98 Å². The topological polar surface area (TPSA) is 41.1 Å². The molecular weight excluding hydrogens is 291 g/mol.